The van der Waals surface area contributed by atoms with Gasteiger partial charge in [-0.1, -0.05) is 26.2 Å². The Morgan fingerprint density at radius 2 is 2.08 bits per heavy atom. The van der Waals surface area contributed by atoms with E-state index in [4.69, 9.17) is 4.74 Å². The molecule has 0 unspecified atom stereocenters. The quantitative estimate of drug-likeness (QED) is 0.608. The van der Waals surface area contributed by atoms with Crippen molar-refractivity contribution in [2.24, 2.45) is 11.8 Å². The summed E-state index contributed by atoms with van der Waals surface area (Å²) in [6, 6.07) is 0. The molecule has 1 aliphatic rings. The lowest BCUT2D eigenvalue weighted by atomic mass is 9.95. The molecule has 0 amide bonds. The lowest BCUT2D eigenvalue weighted by Crippen LogP contribution is -2.15. The van der Waals surface area contributed by atoms with Gasteiger partial charge in [0.2, 0.25) is 0 Å². The third kappa shape index (κ3) is 2.50. The van der Waals surface area contributed by atoms with Gasteiger partial charge in [0.25, 0.3) is 0 Å². The topological polar surface area (TPSA) is 26.3 Å². The van der Waals surface area contributed by atoms with Gasteiger partial charge >= 0.3 is 5.97 Å². The van der Waals surface area contributed by atoms with E-state index in [-0.39, 0.29) is 5.97 Å². The maximum atomic E-state index is 10.6. The van der Waals surface area contributed by atoms with Crippen molar-refractivity contribution in [3.63, 3.8) is 0 Å². The molecule has 70 valence electrons. The highest BCUT2D eigenvalue weighted by atomic mass is 16.5. The summed E-state index contributed by atoms with van der Waals surface area (Å²) in [5, 5.41) is 0. The predicted molar refractivity (Wildman–Crippen MR) is 47.8 cm³/mol. The molecular weight excluding hydrogens is 152 g/mol. The lowest BCUT2D eigenvalue weighted by Gasteiger charge is -2.16. The fourth-order valence-corrected chi connectivity index (χ4v) is 2.09. The van der Waals surface area contributed by atoms with Crippen molar-refractivity contribution in [2.45, 2.75) is 39.5 Å². The molecule has 0 radical (unpaired) electrons. The van der Waals surface area contributed by atoms with Gasteiger partial charge in [-0.15, -0.1) is 0 Å². The van der Waals surface area contributed by atoms with Crippen LogP contribution in [0.1, 0.15) is 39.5 Å². The van der Waals surface area contributed by atoms with E-state index in [1.165, 1.54) is 32.6 Å². The van der Waals surface area contributed by atoms with Crippen molar-refractivity contribution in [3.05, 3.63) is 0 Å². The SMILES string of the molecule is CC[C@H]1CCC[C@@H]1COC(C)=O. The number of hydrogen-bond donors (Lipinski definition) is 0. The van der Waals surface area contributed by atoms with Crippen molar-refractivity contribution in [3.8, 4) is 0 Å². The molecule has 0 aliphatic heterocycles. The van der Waals surface area contributed by atoms with Gasteiger partial charge in [0, 0.05) is 6.92 Å². The zero-order chi connectivity index (χ0) is 8.97. The Morgan fingerprint density at radius 3 is 2.67 bits per heavy atom. The van der Waals surface area contributed by atoms with Crippen LogP contribution in [0.5, 0.6) is 0 Å². The van der Waals surface area contributed by atoms with Crippen molar-refractivity contribution >= 4 is 5.97 Å². The molecule has 0 aromatic rings. The van der Waals surface area contributed by atoms with Gasteiger partial charge in [-0.05, 0) is 18.3 Å². The smallest absolute Gasteiger partial charge is 0.302 e. The molecule has 0 spiro atoms. The fraction of sp³-hybridized carbons (Fsp3) is 0.900. The Hall–Kier alpha value is -0.530. The molecule has 0 aromatic heterocycles. The van der Waals surface area contributed by atoms with Crippen LogP contribution < -0.4 is 0 Å². The summed E-state index contributed by atoms with van der Waals surface area (Å²) in [6.07, 6.45) is 5.10. The van der Waals surface area contributed by atoms with Crippen LogP contribution in [0.2, 0.25) is 0 Å². The van der Waals surface area contributed by atoms with Crippen LogP contribution in [0.3, 0.4) is 0 Å². The standard InChI is InChI=1S/C10H18O2/c1-3-9-5-4-6-10(9)7-12-8(2)11/h9-10H,3-7H2,1-2H3/t9-,10+/m0/s1. The molecule has 1 saturated carbocycles. The van der Waals surface area contributed by atoms with Gasteiger partial charge in [0.15, 0.2) is 0 Å². The van der Waals surface area contributed by atoms with E-state index in [1.807, 2.05) is 0 Å². The van der Waals surface area contributed by atoms with E-state index >= 15 is 0 Å². The van der Waals surface area contributed by atoms with Gasteiger partial charge in [-0.2, -0.15) is 0 Å². The van der Waals surface area contributed by atoms with Crippen LogP contribution in [0.4, 0.5) is 0 Å². The highest BCUT2D eigenvalue weighted by Crippen LogP contribution is 2.33. The second-order valence-corrected chi connectivity index (χ2v) is 3.66. The van der Waals surface area contributed by atoms with Crippen LogP contribution in [0, 0.1) is 11.8 Å². The predicted octanol–water partition coefficient (Wildman–Crippen LogP) is 2.38. The minimum absolute atomic E-state index is 0.142. The minimum Gasteiger partial charge on any atom is -0.466 e. The summed E-state index contributed by atoms with van der Waals surface area (Å²) in [4.78, 5) is 10.6. The summed E-state index contributed by atoms with van der Waals surface area (Å²) in [5.41, 5.74) is 0. The second kappa shape index (κ2) is 4.48. The first-order valence-corrected chi connectivity index (χ1v) is 4.87. The number of ether oxygens (including phenoxy) is 1. The molecule has 2 atom stereocenters. The summed E-state index contributed by atoms with van der Waals surface area (Å²) in [5.74, 6) is 1.29. The van der Waals surface area contributed by atoms with Crippen molar-refractivity contribution < 1.29 is 9.53 Å². The number of esters is 1. The molecule has 2 nitrogen and oxygen atoms in total. The highest BCUT2D eigenvalue weighted by Gasteiger charge is 2.26. The Bertz CT molecular complexity index is 154. The average Bonchev–Trinajstić information content (AvgIpc) is 2.47. The van der Waals surface area contributed by atoms with Gasteiger partial charge in [0.05, 0.1) is 6.61 Å². The normalized spacial score (nSPS) is 28.8. The van der Waals surface area contributed by atoms with Crippen LogP contribution in [-0.2, 0) is 9.53 Å². The van der Waals surface area contributed by atoms with Gasteiger partial charge < -0.3 is 4.74 Å². The number of carbonyl (C=O) groups is 1. The Kier molecular flexibility index (Phi) is 3.57. The maximum Gasteiger partial charge on any atom is 0.302 e. The zero-order valence-corrected chi connectivity index (χ0v) is 8.01. The van der Waals surface area contributed by atoms with Crippen LogP contribution >= 0.6 is 0 Å². The minimum atomic E-state index is -0.142. The van der Waals surface area contributed by atoms with E-state index in [0.29, 0.717) is 12.5 Å². The highest BCUT2D eigenvalue weighted by molar-refractivity contribution is 5.65. The van der Waals surface area contributed by atoms with Crippen LogP contribution in [-0.4, -0.2) is 12.6 Å². The summed E-state index contributed by atoms with van der Waals surface area (Å²) < 4.78 is 5.02. The molecule has 1 rings (SSSR count). The Morgan fingerprint density at radius 1 is 1.42 bits per heavy atom. The van der Waals surface area contributed by atoms with Gasteiger partial charge in [-0.3, -0.25) is 4.79 Å². The summed E-state index contributed by atoms with van der Waals surface area (Å²) >= 11 is 0. The van der Waals surface area contributed by atoms with E-state index in [1.54, 1.807) is 0 Å². The number of hydrogen-bond acceptors (Lipinski definition) is 2. The van der Waals surface area contributed by atoms with Gasteiger partial charge in [0.1, 0.15) is 0 Å². The summed E-state index contributed by atoms with van der Waals surface area (Å²) in [7, 11) is 0. The first-order chi connectivity index (χ1) is 5.74. The molecule has 2 heteroatoms. The van der Waals surface area contributed by atoms with E-state index in [9.17, 15) is 4.79 Å². The molecule has 0 bridgehead atoms. The largest absolute Gasteiger partial charge is 0.466 e. The summed E-state index contributed by atoms with van der Waals surface area (Å²) in [6.45, 7) is 4.35. The maximum absolute atomic E-state index is 10.6. The molecular formula is C10H18O2. The number of carbonyl (C=O) groups excluding carboxylic acids is 1. The lowest BCUT2D eigenvalue weighted by molar-refractivity contribution is -0.142. The Balaban J connectivity index is 2.26. The molecule has 1 aliphatic carbocycles. The number of rotatable bonds is 3. The monoisotopic (exact) mass is 170 g/mol. The third-order valence-corrected chi connectivity index (χ3v) is 2.84. The zero-order valence-electron chi connectivity index (χ0n) is 8.01. The third-order valence-electron chi connectivity index (χ3n) is 2.84. The van der Waals surface area contributed by atoms with Crippen molar-refractivity contribution in [1.82, 2.24) is 0 Å². The van der Waals surface area contributed by atoms with Gasteiger partial charge in [-0.25, -0.2) is 0 Å². The molecule has 12 heavy (non-hydrogen) atoms. The first-order valence-electron chi connectivity index (χ1n) is 4.87. The van der Waals surface area contributed by atoms with E-state index in [2.05, 4.69) is 6.92 Å². The van der Waals surface area contributed by atoms with Crippen LogP contribution in [0.15, 0.2) is 0 Å². The van der Waals surface area contributed by atoms with Crippen molar-refractivity contribution in [1.29, 1.82) is 0 Å². The Labute approximate surface area is 74.3 Å². The molecule has 0 heterocycles. The fourth-order valence-electron chi connectivity index (χ4n) is 2.09. The molecule has 1 fully saturated rings. The second-order valence-electron chi connectivity index (χ2n) is 3.66. The van der Waals surface area contributed by atoms with Crippen LogP contribution in [0.25, 0.3) is 0 Å². The molecule has 0 aromatic carbocycles. The van der Waals surface area contributed by atoms with Crippen molar-refractivity contribution in [2.75, 3.05) is 6.61 Å². The average molecular weight is 170 g/mol. The molecule has 0 N–H and O–H groups in total. The van der Waals surface area contributed by atoms with E-state index in [0.717, 1.165) is 5.92 Å². The first kappa shape index (κ1) is 9.56. The van der Waals surface area contributed by atoms with E-state index < -0.39 is 0 Å². The molecule has 0 saturated heterocycles.